The van der Waals surface area contributed by atoms with Crippen LogP contribution < -0.4 is 5.73 Å². The van der Waals surface area contributed by atoms with E-state index in [9.17, 15) is 22.8 Å². The van der Waals surface area contributed by atoms with E-state index in [4.69, 9.17) is 11.0 Å². The predicted molar refractivity (Wildman–Crippen MR) is 50.1 cm³/mol. The number of benzene rings is 1. The third kappa shape index (κ3) is 2.42. The molecule has 1 aromatic carbocycles. The molecule has 4 nitrogen and oxygen atoms in total. The summed E-state index contributed by atoms with van der Waals surface area (Å²) in [5.41, 5.74) is 1.95. The Kier molecular flexibility index (Phi) is 3.18. The Balaban J connectivity index is 3.62. The molecule has 1 amide bonds. The molecule has 0 heterocycles. The van der Waals surface area contributed by atoms with Crippen LogP contribution in [0, 0.1) is 11.3 Å². The summed E-state index contributed by atoms with van der Waals surface area (Å²) in [6.07, 6.45) is -4.82. The molecule has 7 heteroatoms. The lowest BCUT2D eigenvalue weighted by Crippen LogP contribution is -2.16. The zero-order chi connectivity index (χ0) is 13.2. The molecule has 0 bridgehead atoms. The van der Waals surface area contributed by atoms with E-state index in [1.54, 1.807) is 0 Å². The molecule has 0 saturated carbocycles. The first-order chi connectivity index (χ1) is 7.81. The number of amides is 1. The van der Waals surface area contributed by atoms with Crippen LogP contribution in [0.15, 0.2) is 12.1 Å². The zero-order valence-corrected chi connectivity index (χ0v) is 8.21. The van der Waals surface area contributed by atoms with Crippen LogP contribution in [0.2, 0.25) is 0 Å². The molecule has 0 aliphatic heterocycles. The second-order valence-electron chi connectivity index (χ2n) is 3.08. The van der Waals surface area contributed by atoms with Gasteiger partial charge in [-0.1, -0.05) is 0 Å². The molecule has 0 atom stereocenters. The maximum absolute atomic E-state index is 12.5. The molecular weight excluding hydrogens is 237 g/mol. The Morgan fingerprint density at radius 1 is 1.41 bits per heavy atom. The molecule has 1 rings (SSSR count). The number of hydrogen-bond donors (Lipinski definition) is 1. The van der Waals surface area contributed by atoms with Crippen LogP contribution in [0.25, 0.3) is 0 Å². The van der Waals surface area contributed by atoms with Crippen LogP contribution in [0.1, 0.15) is 31.8 Å². The van der Waals surface area contributed by atoms with Gasteiger partial charge in [0.25, 0.3) is 0 Å². The van der Waals surface area contributed by atoms with E-state index in [-0.39, 0.29) is 6.29 Å². The quantitative estimate of drug-likeness (QED) is 0.797. The van der Waals surface area contributed by atoms with Gasteiger partial charge in [-0.25, -0.2) is 0 Å². The minimum atomic E-state index is -4.78. The Hall–Kier alpha value is -2.36. The number of aldehydes is 1. The summed E-state index contributed by atoms with van der Waals surface area (Å²) in [6.45, 7) is 0. The van der Waals surface area contributed by atoms with E-state index in [0.29, 0.717) is 12.1 Å². The average Bonchev–Trinajstić information content (AvgIpc) is 2.25. The fourth-order valence-corrected chi connectivity index (χ4v) is 1.26. The lowest BCUT2D eigenvalue weighted by molar-refractivity contribution is -0.137. The number of halogens is 3. The first-order valence-corrected chi connectivity index (χ1v) is 4.21. The first kappa shape index (κ1) is 12.7. The van der Waals surface area contributed by atoms with Gasteiger partial charge in [0.2, 0.25) is 5.91 Å². The molecule has 0 aliphatic carbocycles. The van der Waals surface area contributed by atoms with Crippen molar-refractivity contribution in [2.75, 3.05) is 0 Å². The highest BCUT2D eigenvalue weighted by Gasteiger charge is 2.34. The normalized spacial score (nSPS) is 10.7. The third-order valence-electron chi connectivity index (χ3n) is 2.01. The second-order valence-corrected chi connectivity index (χ2v) is 3.08. The van der Waals surface area contributed by atoms with Crippen LogP contribution in [0.4, 0.5) is 13.2 Å². The summed E-state index contributed by atoms with van der Waals surface area (Å²) in [5, 5.41) is 8.61. The third-order valence-corrected chi connectivity index (χ3v) is 2.01. The summed E-state index contributed by atoms with van der Waals surface area (Å²) in [4.78, 5) is 21.4. The Labute approximate surface area is 93.4 Å². The largest absolute Gasteiger partial charge is 0.417 e. The van der Waals surface area contributed by atoms with Crippen molar-refractivity contribution in [3.8, 4) is 6.07 Å². The van der Waals surface area contributed by atoms with Gasteiger partial charge in [-0.05, 0) is 12.1 Å². The SMILES string of the molecule is N#Cc1cc(C(F)(F)F)c(C=O)cc1C(N)=O. The highest BCUT2D eigenvalue weighted by molar-refractivity contribution is 5.97. The lowest BCUT2D eigenvalue weighted by atomic mass is 9.99. The van der Waals surface area contributed by atoms with E-state index < -0.39 is 34.3 Å². The van der Waals surface area contributed by atoms with Crippen molar-refractivity contribution in [1.82, 2.24) is 0 Å². The molecule has 0 spiro atoms. The Morgan fingerprint density at radius 2 is 2.00 bits per heavy atom. The van der Waals surface area contributed by atoms with Crippen LogP contribution in [0.3, 0.4) is 0 Å². The van der Waals surface area contributed by atoms with Gasteiger partial charge in [-0.3, -0.25) is 9.59 Å². The molecule has 0 radical (unpaired) electrons. The summed E-state index contributed by atoms with van der Waals surface area (Å²) in [5.74, 6) is -1.07. The topological polar surface area (TPSA) is 83.9 Å². The van der Waals surface area contributed by atoms with E-state index in [1.165, 1.54) is 6.07 Å². The van der Waals surface area contributed by atoms with Crippen molar-refractivity contribution < 1.29 is 22.8 Å². The van der Waals surface area contributed by atoms with Crippen molar-refractivity contribution in [3.63, 3.8) is 0 Å². The molecule has 88 valence electrons. The van der Waals surface area contributed by atoms with Gasteiger partial charge in [0, 0.05) is 5.56 Å². The van der Waals surface area contributed by atoms with Crippen molar-refractivity contribution >= 4 is 12.2 Å². The van der Waals surface area contributed by atoms with Crippen molar-refractivity contribution in [2.45, 2.75) is 6.18 Å². The minimum absolute atomic E-state index is 0.0452. The molecule has 0 fully saturated rings. The molecule has 17 heavy (non-hydrogen) atoms. The zero-order valence-electron chi connectivity index (χ0n) is 8.21. The fraction of sp³-hybridized carbons (Fsp3) is 0.100. The number of primary amides is 1. The number of nitriles is 1. The van der Waals surface area contributed by atoms with Gasteiger partial charge in [0.05, 0.1) is 22.8 Å². The lowest BCUT2D eigenvalue weighted by Gasteiger charge is -2.11. The summed E-state index contributed by atoms with van der Waals surface area (Å²) >= 11 is 0. The second kappa shape index (κ2) is 4.25. The summed E-state index contributed by atoms with van der Waals surface area (Å²) in [7, 11) is 0. The van der Waals surface area contributed by atoms with E-state index in [1.807, 2.05) is 0 Å². The monoisotopic (exact) mass is 242 g/mol. The number of carbonyl (C=O) groups is 2. The molecule has 0 aliphatic rings. The molecule has 0 unspecified atom stereocenters. The number of hydrogen-bond acceptors (Lipinski definition) is 3. The maximum atomic E-state index is 12.5. The molecule has 0 aromatic heterocycles. The predicted octanol–water partition coefficient (Wildman–Crippen LogP) is 1.49. The van der Waals surface area contributed by atoms with Gasteiger partial charge in [0.1, 0.15) is 0 Å². The number of alkyl halides is 3. The Morgan fingerprint density at radius 3 is 2.35 bits per heavy atom. The van der Waals surface area contributed by atoms with Gasteiger partial charge >= 0.3 is 6.18 Å². The van der Waals surface area contributed by atoms with Gasteiger partial charge in [-0.2, -0.15) is 18.4 Å². The summed E-state index contributed by atoms with van der Waals surface area (Å²) < 4.78 is 37.5. The van der Waals surface area contributed by atoms with Gasteiger partial charge in [0.15, 0.2) is 6.29 Å². The number of nitrogens with two attached hydrogens (primary N) is 1. The van der Waals surface area contributed by atoms with E-state index in [0.717, 1.165) is 0 Å². The van der Waals surface area contributed by atoms with Crippen LogP contribution in [-0.2, 0) is 6.18 Å². The van der Waals surface area contributed by atoms with Crippen molar-refractivity contribution in [2.24, 2.45) is 5.73 Å². The van der Waals surface area contributed by atoms with Crippen molar-refractivity contribution in [1.29, 1.82) is 5.26 Å². The highest BCUT2D eigenvalue weighted by atomic mass is 19.4. The first-order valence-electron chi connectivity index (χ1n) is 4.21. The van der Waals surface area contributed by atoms with Crippen LogP contribution in [-0.4, -0.2) is 12.2 Å². The average molecular weight is 242 g/mol. The molecule has 1 aromatic rings. The fourth-order valence-electron chi connectivity index (χ4n) is 1.26. The van der Waals surface area contributed by atoms with Gasteiger partial charge in [-0.15, -0.1) is 0 Å². The summed E-state index contributed by atoms with van der Waals surface area (Å²) in [6, 6.07) is 2.52. The van der Waals surface area contributed by atoms with Crippen molar-refractivity contribution in [3.05, 3.63) is 34.4 Å². The number of rotatable bonds is 2. The Bertz CT molecular complexity index is 530. The molecular formula is C10H5F3N2O2. The number of carbonyl (C=O) groups excluding carboxylic acids is 2. The van der Waals surface area contributed by atoms with Gasteiger partial charge < -0.3 is 5.73 Å². The maximum Gasteiger partial charge on any atom is 0.417 e. The minimum Gasteiger partial charge on any atom is -0.366 e. The molecule has 2 N–H and O–H groups in total. The van der Waals surface area contributed by atoms with E-state index in [2.05, 4.69) is 0 Å². The smallest absolute Gasteiger partial charge is 0.366 e. The van der Waals surface area contributed by atoms with Crippen LogP contribution in [0.5, 0.6) is 0 Å². The molecule has 0 saturated heterocycles. The van der Waals surface area contributed by atoms with Crippen LogP contribution >= 0.6 is 0 Å². The highest BCUT2D eigenvalue weighted by Crippen LogP contribution is 2.33. The standard InChI is InChI=1S/C10H5F3N2O2/c11-10(12,13)8-2-5(3-14)7(9(15)17)1-6(8)4-16/h1-2,4H,(H2,15,17). The van der Waals surface area contributed by atoms with E-state index >= 15 is 0 Å². The number of nitrogens with zero attached hydrogens (tertiary/aromatic N) is 1.